The van der Waals surface area contributed by atoms with Gasteiger partial charge in [0, 0.05) is 10.3 Å². The molecule has 0 aliphatic heterocycles. The van der Waals surface area contributed by atoms with E-state index in [-0.39, 0.29) is 10.3 Å². The fourth-order valence-corrected chi connectivity index (χ4v) is 7.20. The lowest BCUT2D eigenvalue weighted by Gasteiger charge is -2.56. The second-order valence-electron chi connectivity index (χ2n) is 8.99. The molecule has 5 rings (SSSR count). The first-order valence-electron chi connectivity index (χ1n) is 11.4. The largest absolute Gasteiger partial charge is 0.121 e. The van der Waals surface area contributed by atoms with Crippen molar-refractivity contribution in [1.29, 1.82) is 0 Å². The highest BCUT2D eigenvalue weighted by Gasteiger charge is 2.54. The Morgan fingerprint density at radius 3 is 0.812 bits per heavy atom. The molecule has 4 aromatic rings. The lowest BCUT2D eigenvalue weighted by molar-refractivity contribution is 0.110. The van der Waals surface area contributed by atoms with Crippen molar-refractivity contribution in [1.82, 2.24) is 0 Å². The van der Waals surface area contributed by atoms with Crippen molar-refractivity contribution < 1.29 is 0 Å². The van der Waals surface area contributed by atoms with Crippen LogP contribution in [0.2, 0.25) is 0 Å². The normalized spacial score (nSPS) is 18.7. The fraction of sp³-hybridized carbons (Fsp3) is 0.200. The molecule has 1 saturated carbocycles. The van der Waals surface area contributed by atoms with E-state index in [4.69, 9.17) is 0 Å². The molecule has 0 aromatic heterocycles. The Balaban J connectivity index is 1.67. The molecule has 1 fully saturated rings. The van der Waals surface area contributed by atoms with Crippen molar-refractivity contribution in [3.8, 4) is 0 Å². The van der Waals surface area contributed by atoms with Crippen LogP contribution in [0.4, 0.5) is 0 Å². The van der Waals surface area contributed by atoms with Crippen LogP contribution < -0.4 is 0 Å². The lowest BCUT2D eigenvalue weighted by atomic mass is 9.56. The number of benzene rings is 4. The quantitative estimate of drug-likeness (QED) is 0.264. The highest BCUT2D eigenvalue weighted by molar-refractivity contribution is 7.19. The molecule has 1 aliphatic carbocycles. The third-order valence-electron chi connectivity index (χ3n) is 7.45. The molecular weight excluding hydrogens is 422 g/mol. The van der Waals surface area contributed by atoms with Crippen LogP contribution in [0.5, 0.6) is 0 Å². The van der Waals surface area contributed by atoms with Crippen LogP contribution in [0.25, 0.3) is 0 Å². The number of hydrogen-bond donors (Lipinski definition) is 0. The summed E-state index contributed by atoms with van der Waals surface area (Å²) in [6, 6.07) is 44.2. The van der Waals surface area contributed by atoms with Crippen LogP contribution in [0.1, 0.15) is 35.1 Å². The molecule has 4 unspecified atom stereocenters. The Morgan fingerprint density at radius 1 is 0.406 bits per heavy atom. The fourth-order valence-electron chi connectivity index (χ4n) is 5.64. The molecule has 2 heteroatoms. The predicted octanol–water partition coefficient (Wildman–Crippen LogP) is 7.65. The van der Waals surface area contributed by atoms with Crippen molar-refractivity contribution in [2.24, 2.45) is 11.8 Å². The van der Waals surface area contributed by atoms with Gasteiger partial charge >= 0.3 is 0 Å². The monoisotopic (exact) mass is 452 g/mol. The van der Waals surface area contributed by atoms with Crippen LogP contribution >= 0.6 is 18.5 Å². The molecule has 4 atom stereocenters. The maximum atomic E-state index is 3.30. The maximum absolute atomic E-state index is 3.30. The van der Waals surface area contributed by atoms with Gasteiger partial charge in [0.25, 0.3) is 0 Å². The highest BCUT2D eigenvalue weighted by Crippen LogP contribution is 2.63. The van der Waals surface area contributed by atoms with Crippen LogP contribution in [0.15, 0.2) is 121 Å². The van der Waals surface area contributed by atoms with Gasteiger partial charge in [0.15, 0.2) is 0 Å². The Kier molecular flexibility index (Phi) is 6.03. The second kappa shape index (κ2) is 8.94. The Bertz CT molecular complexity index is 967. The first kappa shape index (κ1) is 21.6. The van der Waals surface area contributed by atoms with Crippen LogP contribution in [-0.2, 0) is 10.3 Å². The molecule has 32 heavy (non-hydrogen) atoms. The highest BCUT2D eigenvalue weighted by atomic mass is 31.0. The van der Waals surface area contributed by atoms with E-state index in [1.807, 2.05) is 0 Å². The first-order valence-corrected chi connectivity index (χ1v) is 12.6. The molecule has 0 N–H and O–H groups in total. The van der Waals surface area contributed by atoms with Gasteiger partial charge < -0.3 is 0 Å². The van der Waals surface area contributed by atoms with Gasteiger partial charge in [-0.2, -0.15) is 0 Å². The SMILES string of the molecule is PC(c1ccccc1)(c1ccccc1)C1CCC1C(P)(c1ccccc1)c1ccccc1. The molecule has 0 saturated heterocycles. The van der Waals surface area contributed by atoms with E-state index >= 15 is 0 Å². The molecule has 0 heterocycles. The second-order valence-corrected chi connectivity index (χ2v) is 10.8. The van der Waals surface area contributed by atoms with Gasteiger partial charge in [0.05, 0.1) is 0 Å². The van der Waals surface area contributed by atoms with Crippen molar-refractivity contribution in [3.63, 3.8) is 0 Å². The summed E-state index contributed by atoms with van der Waals surface area (Å²) in [5.41, 5.74) is 5.50. The van der Waals surface area contributed by atoms with Crippen LogP contribution in [-0.4, -0.2) is 0 Å². The molecule has 4 aromatic carbocycles. The van der Waals surface area contributed by atoms with Gasteiger partial charge in [0.2, 0.25) is 0 Å². The van der Waals surface area contributed by atoms with Crippen molar-refractivity contribution in [3.05, 3.63) is 144 Å². The molecule has 0 nitrogen and oxygen atoms in total. The van der Waals surface area contributed by atoms with E-state index in [0.29, 0.717) is 11.8 Å². The standard InChI is InChI=1S/C30H30P2/c31-29(23-13-5-1-6-14-23,24-15-7-2-8-16-24)27-21-22-28(27)30(32,25-17-9-3-10-18-25)26-19-11-4-12-20-26/h1-20,27-28H,21-22,31-32H2. The summed E-state index contributed by atoms with van der Waals surface area (Å²) in [7, 11) is 6.61. The van der Waals surface area contributed by atoms with E-state index in [9.17, 15) is 0 Å². The third kappa shape index (κ3) is 3.55. The zero-order valence-corrected chi connectivity index (χ0v) is 20.6. The lowest BCUT2D eigenvalue weighted by Crippen LogP contribution is -2.49. The summed E-state index contributed by atoms with van der Waals surface area (Å²) >= 11 is 0. The minimum Gasteiger partial charge on any atom is -0.121 e. The average molecular weight is 453 g/mol. The van der Waals surface area contributed by atoms with Crippen molar-refractivity contribution >= 4 is 18.5 Å². The van der Waals surface area contributed by atoms with E-state index in [0.717, 1.165) is 0 Å². The van der Waals surface area contributed by atoms with E-state index < -0.39 is 0 Å². The maximum Gasteiger partial charge on any atom is 0.0375 e. The van der Waals surface area contributed by atoms with Gasteiger partial charge in [-0.15, -0.1) is 18.5 Å². The number of rotatable bonds is 6. The molecule has 160 valence electrons. The van der Waals surface area contributed by atoms with Gasteiger partial charge in [0.1, 0.15) is 0 Å². The van der Waals surface area contributed by atoms with Crippen molar-refractivity contribution in [2.45, 2.75) is 23.2 Å². The first-order chi connectivity index (χ1) is 15.6. The Morgan fingerprint density at radius 2 is 0.625 bits per heavy atom. The molecule has 1 aliphatic rings. The molecule has 0 radical (unpaired) electrons. The van der Waals surface area contributed by atoms with E-state index in [2.05, 4.69) is 140 Å². The summed E-state index contributed by atoms with van der Waals surface area (Å²) in [4.78, 5) is 0. The smallest absolute Gasteiger partial charge is 0.0375 e. The zero-order chi connectivity index (χ0) is 22.0. The summed E-state index contributed by atoms with van der Waals surface area (Å²) in [5, 5.41) is -0.256. The molecule has 0 spiro atoms. The van der Waals surface area contributed by atoms with E-state index in [1.165, 1.54) is 35.1 Å². The summed E-state index contributed by atoms with van der Waals surface area (Å²) < 4.78 is 0. The minimum absolute atomic E-state index is 0.128. The Labute approximate surface area is 196 Å². The van der Waals surface area contributed by atoms with Gasteiger partial charge in [-0.3, -0.25) is 0 Å². The summed E-state index contributed by atoms with van der Waals surface area (Å²) in [6.07, 6.45) is 2.43. The topological polar surface area (TPSA) is 0 Å². The Hall–Kier alpha value is -2.26. The van der Waals surface area contributed by atoms with Gasteiger partial charge in [-0.25, -0.2) is 0 Å². The summed E-state index contributed by atoms with van der Waals surface area (Å²) in [5.74, 6) is 0.991. The zero-order valence-electron chi connectivity index (χ0n) is 18.3. The van der Waals surface area contributed by atoms with Gasteiger partial charge in [-0.05, 0) is 46.9 Å². The average Bonchev–Trinajstić information content (AvgIpc) is 2.85. The van der Waals surface area contributed by atoms with E-state index in [1.54, 1.807) is 0 Å². The van der Waals surface area contributed by atoms with Gasteiger partial charge in [-0.1, -0.05) is 121 Å². The predicted molar refractivity (Wildman–Crippen MR) is 143 cm³/mol. The molecule has 0 amide bonds. The minimum atomic E-state index is -0.128. The number of hydrogen-bond acceptors (Lipinski definition) is 0. The van der Waals surface area contributed by atoms with Crippen LogP contribution in [0, 0.1) is 11.8 Å². The van der Waals surface area contributed by atoms with Crippen LogP contribution in [0.3, 0.4) is 0 Å². The third-order valence-corrected chi connectivity index (χ3v) is 9.64. The molecule has 0 bridgehead atoms. The molecular formula is C30H30P2. The van der Waals surface area contributed by atoms with Crippen molar-refractivity contribution in [2.75, 3.05) is 0 Å². The summed E-state index contributed by atoms with van der Waals surface area (Å²) in [6.45, 7) is 0.